The molecule has 110 valence electrons. The molecule has 1 aromatic rings. The van der Waals surface area contributed by atoms with Crippen molar-refractivity contribution < 1.29 is 24.5 Å². The van der Waals surface area contributed by atoms with Crippen molar-refractivity contribution in [2.75, 3.05) is 6.61 Å². The number of hydrogen-bond acceptors (Lipinski definition) is 4. The smallest absolute Gasteiger partial charge is 0.407 e. The lowest BCUT2D eigenvalue weighted by Gasteiger charge is -2.16. The molecular formula is C14H19NO5. The van der Waals surface area contributed by atoms with E-state index in [1.165, 1.54) is 6.92 Å². The van der Waals surface area contributed by atoms with Gasteiger partial charge in [-0.3, -0.25) is 0 Å². The number of aliphatic carboxylic acids is 1. The maximum atomic E-state index is 11.4. The minimum atomic E-state index is -1.37. The largest absolute Gasteiger partial charge is 0.480 e. The van der Waals surface area contributed by atoms with E-state index in [1.807, 2.05) is 31.2 Å². The number of carboxylic acid groups (broad SMARTS) is 1. The van der Waals surface area contributed by atoms with Gasteiger partial charge in [-0.1, -0.05) is 29.8 Å². The van der Waals surface area contributed by atoms with Crippen molar-refractivity contribution in [2.45, 2.75) is 32.4 Å². The molecule has 6 heteroatoms. The highest BCUT2D eigenvalue weighted by Gasteiger charge is 2.25. The molecule has 0 aromatic heterocycles. The van der Waals surface area contributed by atoms with Crippen LogP contribution in [-0.2, 0) is 16.0 Å². The third kappa shape index (κ3) is 5.27. The molecule has 20 heavy (non-hydrogen) atoms. The van der Waals surface area contributed by atoms with E-state index in [2.05, 4.69) is 5.32 Å². The van der Waals surface area contributed by atoms with Crippen molar-refractivity contribution in [3.05, 3.63) is 35.4 Å². The van der Waals surface area contributed by atoms with Gasteiger partial charge in [-0.05, 0) is 19.4 Å². The zero-order valence-electron chi connectivity index (χ0n) is 11.5. The summed E-state index contributed by atoms with van der Waals surface area (Å²) in [6.07, 6.45) is -1.51. The molecule has 2 unspecified atom stereocenters. The second kappa shape index (κ2) is 7.49. The van der Waals surface area contributed by atoms with Crippen LogP contribution in [0, 0.1) is 6.92 Å². The molecule has 0 aliphatic rings. The summed E-state index contributed by atoms with van der Waals surface area (Å²) < 4.78 is 4.88. The predicted molar refractivity (Wildman–Crippen MR) is 72.5 cm³/mol. The monoisotopic (exact) mass is 281 g/mol. The average molecular weight is 281 g/mol. The molecule has 0 fully saturated rings. The number of nitrogens with one attached hydrogen (secondary N) is 1. The SMILES string of the molecule is Cc1ccc(CCOC(=O)NC(C(=O)O)C(C)O)cc1. The van der Waals surface area contributed by atoms with E-state index in [4.69, 9.17) is 9.84 Å². The molecular weight excluding hydrogens is 262 g/mol. The number of rotatable bonds is 6. The third-order valence-electron chi connectivity index (χ3n) is 2.77. The Bertz CT molecular complexity index is 455. The Labute approximate surface area is 117 Å². The molecule has 0 bridgehead atoms. The molecule has 0 saturated carbocycles. The van der Waals surface area contributed by atoms with Gasteiger partial charge in [-0.15, -0.1) is 0 Å². The number of benzene rings is 1. The van der Waals surface area contributed by atoms with E-state index in [-0.39, 0.29) is 6.61 Å². The highest BCUT2D eigenvalue weighted by Crippen LogP contribution is 2.04. The van der Waals surface area contributed by atoms with E-state index in [1.54, 1.807) is 0 Å². The Balaban J connectivity index is 2.36. The summed E-state index contributed by atoms with van der Waals surface area (Å²) in [5, 5.41) is 20.1. The van der Waals surface area contributed by atoms with Crippen LogP contribution in [0.5, 0.6) is 0 Å². The van der Waals surface area contributed by atoms with Crippen molar-refractivity contribution >= 4 is 12.1 Å². The molecule has 0 aliphatic heterocycles. The summed E-state index contributed by atoms with van der Waals surface area (Å²) in [7, 11) is 0. The van der Waals surface area contributed by atoms with Gasteiger partial charge in [0.25, 0.3) is 0 Å². The first kappa shape index (κ1) is 16.0. The molecule has 1 rings (SSSR count). The zero-order chi connectivity index (χ0) is 15.1. The van der Waals surface area contributed by atoms with Crippen LogP contribution >= 0.6 is 0 Å². The van der Waals surface area contributed by atoms with E-state index in [0.717, 1.165) is 11.1 Å². The van der Waals surface area contributed by atoms with Gasteiger partial charge in [-0.25, -0.2) is 9.59 Å². The van der Waals surface area contributed by atoms with Crippen LogP contribution in [0.25, 0.3) is 0 Å². The normalized spacial score (nSPS) is 13.3. The Morgan fingerprint density at radius 3 is 2.40 bits per heavy atom. The molecule has 0 heterocycles. The van der Waals surface area contributed by atoms with Crippen LogP contribution in [0.2, 0.25) is 0 Å². The van der Waals surface area contributed by atoms with Crippen LogP contribution in [0.4, 0.5) is 4.79 Å². The van der Waals surface area contributed by atoms with Crippen LogP contribution < -0.4 is 5.32 Å². The summed E-state index contributed by atoms with van der Waals surface area (Å²) >= 11 is 0. The van der Waals surface area contributed by atoms with E-state index in [0.29, 0.717) is 6.42 Å². The van der Waals surface area contributed by atoms with E-state index < -0.39 is 24.2 Å². The highest BCUT2D eigenvalue weighted by molar-refractivity contribution is 5.80. The number of aryl methyl sites for hydroxylation is 1. The fourth-order valence-corrected chi connectivity index (χ4v) is 1.57. The van der Waals surface area contributed by atoms with Gasteiger partial charge in [0.15, 0.2) is 6.04 Å². The zero-order valence-corrected chi connectivity index (χ0v) is 11.5. The van der Waals surface area contributed by atoms with Gasteiger partial charge in [0.05, 0.1) is 12.7 Å². The Morgan fingerprint density at radius 2 is 1.90 bits per heavy atom. The lowest BCUT2D eigenvalue weighted by molar-refractivity contribution is -0.142. The molecule has 0 radical (unpaired) electrons. The van der Waals surface area contributed by atoms with Crippen LogP contribution in [0.3, 0.4) is 0 Å². The van der Waals surface area contributed by atoms with Crippen molar-refractivity contribution in [1.82, 2.24) is 5.32 Å². The molecule has 0 aliphatic carbocycles. The fourth-order valence-electron chi connectivity index (χ4n) is 1.57. The number of ether oxygens (including phenoxy) is 1. The van der Waals surface area contributed by atoms with E-state index in [9.17, 15) is 14.7 Å². The molecule has 1 aromatic carbocycles. The van der Waals surface area contributed by atoms with E-state index >= 15 is 0 Å². The number of carboxylic acids is 1. The highest BCUT2D eigenvalue weighted by atomic mass is 16.5. The quantitative estimate of drug-likeness (QED) is 0.725. The van der Waals surface area contributed by atoms with Gasteiger partial charge in [-0.2, -0.15) is 0 Å². The topological polar surface area (TPSA) is 95.9 Å². The van der Waals surface area contributed by atoms with Gasteiger partial charge in [0.2, 0.25) is 0 Å². The Morgan fingerprint density at radius 1 is 1.30 bits per heavy atom. The summed E-state index contributed by atoms with van der Waals surface area (Å²) in [5.41, 5.74) is 2.17. The Hall–Kier alpha value is -2.08. The van der Waals surface area contributed by atoms with Gasteiger partial charge in [0.1, 0.15) is 0 Å². The lowest BCUT2D eigenvalue weighted by atomic mass is 10.1. The molecule has 3 N–H and O–H groups in total. The van der Waals surface area contributed by atoms with Crippen molar-refractivity contribution in [1.29, 1.82) is 0 Å². The number of aliphatic hydroxyl groups is 1. The first-order valence-corrected chi connectivity index (χ1v) is 6.30. The first-order chi connectivity index (χ1) is 9.40. The summed E-state index contributed by atoms with van der Waals surface area (Å²) in [5.74, 6) is -1.31. The molecule has 0 spiro atoms. The van der Waals surface area contributed by atoms with Crippen molar-refractivity contribution in [3.8, 4) is 0 Å². The molecule has 6 nitrogen and oxygen atoms in total. The number of alkyl carbamates (subject to hydrolysis) is 1. The number of aliphatic hydroxyl groups excluding tert-OH is 1. The molecule has 0 saturated heterocycles. The molecule has 2 atom stereocenters. The Kier molecular flexibility index (Phi) is 5.99. The first-order valence-electron chi connectivity index (χ1n) is 6.30. The standard InChI is InChI=1S/C14H19NO5/c1-9-3-5-11(6-4-9)7-8-20-14(19)15-12(10(2)16)13(17)18/h3-6,10,12,16H,7-8H2,1-2H3,(H,15,19)(H,17,18). The second-order valence-electron chi connectivity index (χ2n) is 4.57. The van der Waals surface area contributed by atoms with Gasteiger partial charge in [0, 0.05) is 6.42 Å². The summed E-state index contributed by atoms with van der Waals surface area (Å²) in [6.45, 7) is 3.40. The number of carbonyl (C=O) groups is 2. The predicted octanol–water partition coefficient (Wildman–Crippen LogP) is 1.10. The number of hydrogen-bond donors (Lipinski definition) is 3. The minimum absolute atomic E-state index is 0.140. The number of carbonyl (C=O) groups excluding carboxylic acids is 1. The summed E-state index contributed by atoms with van der Waals surface area (Å²) in [4.78, 5) is 22.2. The van der Waals surface area contributed by atoms with Crippen molar-refractivity contribution in [3.63, 3.8) is 0 Å². The maximum absolute atomic E-state index is 11.4. The third-order valence-corrected chi connectivity index (χ3v) is 2.77. The van der Waals surface area contributed by atoms with Crippen LogP contribution in [-0.4, -0.2) is 41.0 Å². The molecule has 1 amide bonds. The maximum Gasteiger partial charge on any atom is 0.407 e. The summed E-state index contributed by atoms with van der Waals surface area (Å²) in [6, 6.07) is 6.42. The van der Waals surface area contributed by atoms with Gasteiger partial charge < -0.3 is 20.3 Å². The average Bonchev–Trinajstić information content (AvgIpc) is 2.37. The van der Waals surface area contributed by atoms with Crippen LogP contribution in [0.15, 0.2) is 24.3 Å². The lowest BCUT2D eigenvalue weighted by Crippen LogP contribution is -2.47. The minimum Gasteiger partial charge on any atom is -0.480 e. The second-order valence-corrected chi connectivity index (χ2v) is 4.57. The number of amides is 1. The van der Waals surface area contributed by atoms with Gasteiger partial charge >= 0.3 is 12.1 Å². The van der Waals surface area contributed by atoms with Crippen molar-refractivity contribution in [2.24, 2.45) is 0 Å². The van der Waals surface area contributed by atoms with Crippen LogP contribution in [0.1, 0.15) is 18.1 Å². The fraction of sp³-hybridized carbons (Fsp3) is 0.429.